The van der Waals surface area contributed by atoms with Crippen molar-refractivity contribution in [2.75, 3.05) is 13.2 Å². The van der Waals surface area contributed by atoms with Crippen LogP contribution < -0.4 is 10.1 Å². The van der Waals surface area contributed by atoms with Crippen molar-refractivity contribution in [1.29, 1.82) is 0 Å². The van der Waals surface area contributed by atoms with E-state index >= 15 is 0 Å². The molecule has 0 saturated heterocycles. The Morgan fingerprint density at radius 3 is 2.57 bits per heavy atom. The van der Waals surface area contributed by atoms with Crippen LogP contribution >= 0.6 is 0 Å². The lowest BCUT2D eigenvalue weighted by atomic mass is 10.1. The Labute approximate surface area is 132 Å². The van der Waals surface area contributed by atoms with Gasteiger partial charge in [0.2, 0.25) is 5.82 Å². The van der Waals surface area contributed by atoms with E-state index in [1.54, 1.807) is 24.3 Å². The van der Waals surface area contributed by atoms with Crippen LogP contribution in [0.3, 0.4) is 0 Å². The number of amides is 1. The predicted molar refractivity (Wildman–Crippen MR) is 83.9 cm³/mol. The molecule has 116 valence electrons. The SMILES string of the molecule is O=C(NCCOc1ccccc1)c1ccc(-c2nn[nH]n2)cc1. The van der Waals surface area contributed by atoms with E-state index in [-0.39, 0.29) is 5.91 Å². The Kier molecular flexibility index (Phi) is 4.58. The van der Waals surface area contributed by atoms with E-state index < -0.39 is 0 Å². The third kappa shape index (κ3) is 3.91. The second-order valence-electron chi connectivity index (χ2n) is 4.73. The van der Waals surface area contributed by atoms with Gasteiger partial charge in [-0.1, -0.05) is 30.3 Å². The molecule has 0 aliphatic carbocycles. The van der Waals surface area contributed by atoms with Crippen molar-refractivity contribution in [2.45, 2.75) is 0 Å². The molecule has 1 heterocycles. The number of aromatic nitrogens is 4. The number of benzene rings is 2. The van der Waals surface area contributed by atoms with Gasteiger partial charge in [-0.25, -0.2) is 0 Å². The van der Waals surface area contributed by atoms with Gasteiger partial charge in [0.1, 0.15) is 12.4 Å². The topological polar surface area (TPSA) is 92.8 Å². The molecule has 0 saturated carbocycles. The van der Waals surface area contributed by atoms with Crippen LogP contribution in [0.2, 0.25) is 0 Å². The molecular weight excluding hydrogens is 294 g/mol. The number of nitrogens with one attached hydrogen (secondary N) is 2. The first-order valence-corrected chi connectivity index (χ1v) is 7.13. The molecule has 23 heavy (non-hydrogen) atoms. The summed E-state index contributed by atoms with van der Waals surface area (Å²) in [4.78, 5) is 12.0. The van der Waals surface area contributed by atoms with Crippen molar-refractivity contribution >= 4 is 5.91 Å². The molecule has 7 heteroatoms. The molecule has 1 amide bonds. The number of carbonyl (C=O) groups is 1. The standard InChI is InChI=1S/C16H15N5O2/c22-16(17-10-11-23-14-4-2-1-3-5-14)13-8-6-12(7-9-13)15-18-20-21-19-15/h1-9H,10-11H2,(H,17,22)(H,18,19,20,21). The fraction of sp³-hybridized carbons (Fsp3) is 0.125. The third-order valence-corrected chi connectivity index (χ3v) is 3.15. The molecule has 2 N–H and O–H groups in total. The number of para-hydroxylation sites is 1. The first kappa shape index (κ1) is 14.7. The van der Waals surface area contributed by atoms with Gasteiger partial charge in [0.05, 0.1) is 6.54 Å². The minimum atomic E-state index is -0.152. The number of tetrazole rings is 1. The minimum absolute atomic E-state index is 0.152. The Balaban J connectivity index is 1.48. The van der Waals surface area contributed by atoms with E-state index in [2.05, 4.69) is 25.9 Å². The highest BCUT2D eigenvalue weighted by molar-refractivity contribution is 5.94. The van der Waals surface area contributed by atoms with Crippen molar-refractivity contribution in [3.8, 4) is 17.1 Å². The van der Waals surface area contributed by atoms with Crippen LogP contribution in [-0.2, 0) is 0 Å². The number of ether oxygens (including phenoxy) is 1. The predicted octanol–water partition coefficient (Wildman–Crippen LogP) is 1.68. The van der Waals surface area contributed by atoms with Crippen LogP contribution in [0.25, 0.3) is 11.4 Å². The van der Waals surface area contributed by atoms with Crippen LogP contribution in [0.15, 0.2) is 54.6 Å². The van der Waals surface area contributed by atoms with Crippen molar-refractivity contribution < 1.29 is 9.53 Å². The molecule has 3 aromatic rings. The van der Waals surface area contributed by atoms with Gasteiger partial charge in [0, 0.05) is 11.1 Å². The number of rotatable bonds is 6. The van der Waals surface area contributed by atoms with E-state index in [4.69, 9.17) is 4.74 Å². The zero-order chi connectivity index (χ0) is 15.9. The second kappa shape index (κ2) is 7.17. The summed E-state index contributed by atoms with van der Waals surface area (Å²) in [7, 11) is 0. The number of nitrogens with zero attached hydrogens (tertiary/aromatic N) is 3. The number of hydrogen-bond donors (Lipinski definition) is 2. The molecule has 3 rings (SSSR count). The summed E-state index contributed by atoms with van der Waals surface area (Å²) in [6.07, 6.45) is 0. The van der Waals surface area contributed by atoms with Gasteiger partial charge in [0.15, 0.2) is 0 Å². The Bertz CT molecular complexity index is 742. The molecule has 0 unspecified atom stereocenters. The van der Waals surface area contributed by atoms with Crippen molar-refractivity contribution in [1.82, 2.24) is 25.9 Å². The molecule has 0 radical (unpaired) electrons. The maximum atomic E-state index is 12.0. The Hall–Kier alpha value is -3.22. The van der Waals surface area contributed by atoms with Gasteiger partial charge in [-0.2, -0.15) is 5.21 Å². The van der Waals surface area contributed by atoms with E-state index in [0.29, 0.717) is 24.5 Å². The Morgan fingerprint density at radius 2 is 1.87 bits per heavy atom. The van der Waals surface area contributed by atoms with Crippen LogP contribution in [-0.4, -0.2) is 39.7 Å². The number of carbonyl (C=O) groups excluding carboxylic acids is 1. The van der Waals surface area contributed by atoms with Crippen molar-refractivity contribution in [2.24, 2.45) is 0 Å². The van der Waals surface area contributed by atoms with E-state index in [1.165, 1.54) is 0 Å². The average Bonchev–Trinajstić information content (AvgIpc) is 3.14. The van der Waals surface area contributed by atoms with Crippen LogP contribution in [0, 0.1) is 0 Å². The van der Waals surface area contributed by atoms with Crippen LogP contribution in [0.4, 0.5) is 0 Å². The highest BCUT2D eigenvalue weighted by Gasteiger charge is 2.07. The summed E-state index contributed by atoms with van der Waals surface area (Å²) < 4.78 is 5.52. The van der Waals surface area contributed by atoms with E-state index in [0.717, 1.165) is 11.3 Å². The van der Waals surface area contributed by atoms with Crippen LogP contribution in [0.1, 0.15) is 10.4 Å². The summed E-state index contributed by atoms with van der Waals surface area (Å²) in [6.45, 7) is 0.844. The monoisotopic (exact) mass is 309 g/mol. The van der Waals surface area contributed by atoms with Gasteiger partial charge in [-0.15, -0.1) is 10.2 Å². The maximum Gasteiger partial charge on any atom is 0.251 e. The summed E-state index contributed by atoms with van der Waals surface area (Å²) in [5, 5.41) is 16.5. The lowest BCUT2D eigenvalue weighted by Crippen LogP contribution is -2.28. The van der Waals surface area contributed by atoms with Crippen molar-refractivity contribution in [3.05, 3.63) is 60.2 Å². The first-order valence-electron chi connectivity index (χ1n) is 7.13. The van der Waals surface area contributed by atoms with E-state index in [1.807, 2.05) is 30.3 Å². The molecule has 0 atom stereocenters. The molecule has 2 aromatic carbocycles. The molecule has 0 fully saturated rings. The summed E-state index contributed by atoms with van der Waals surface area (Å²) in [6, 6.07) is 16.5. The molecule has 1 aromatic heterocycles. The largest absolute Gasteiger partial charge is 0.492 e. The number of H-pyrrole nitrogens is 1. The zero-order valence-electron chi connectivity index (χ0n) is 12.3. The smallest absolute Gasteiger partial charge is 0.251 e. The van der Waals surface area contributed by atoms with E-state index in [9.17, 15) is 4.79 Å². The lowest BCUT2D eigenvalue weighted by Gasteiger charge is -2.07. The molecule has 0 spiro atoms. The van der Waals surface area contributed by atoms with Gasteiger partial charge in [-0.3, -0.25) is 4.79 Å². The van der Waals surface area contributed by atoms with Gasteiger partial charge in [-0.05, 0) is 29.5 Å². The molecule has 0 aliphatic heterocycles. The summed E-state index contributed by atoms with van der Waals surface area (Å²) in [5.41, 5.74) is 1.36. The van der Waals surface area contributed by atoms with Gasteiger partial charge >= 0.3 is 0 Å². The van der Waals surface area contributed by atoms with Gasteiger partial charge < -0.3 is 10.1 Å². The highest BCUT2D eigenvalue weighted by Crippen LogP contribution is 2.13. The fourth-order valence-electron chi connectivity index (χ4n) is 2.01. The van der Waals surface area contributed by atoms with Crippen molar-refractivity contribution in [3.63, 3.8) is 0 Å². The molecule has 0 aliphatic rings. The normalized spacial score (nSPS) is 10.3. The highest BCUT2D eigenvalue weighted by atomic mass is 16.5. The maximum absolute atomic E-state index is 12.0. The number of hydrogen-bond acceptors (Lipinski definition) is 5. The zero-order valence-corrected chi connectivity index (χ0v) is 12.3. The molecule has 7 nitrogen and oxygen atoms in total. The van der Waals surface area contributed by atoms with Crippen LogP contribution in [0.5, 0.6) is 5.75 Å². The molecule has 0 bridgehead atoms. The first-order chi connectivity index (χ1) is 11.3. The lowest BCUT2D eigenvalue weighted by molar-refractivity contribution is 0.0947. The average molecular weight is 309 g/mol. The molecular formula is C16H15N5O2. The van der Waals surface area contributed by atoms with Gasteiger partial charge in [0.25, 0.3) is 5.91 Å². The quantitative estimate of drug-likeness (QED) is 0.676. The third-order valence-electron chi connectivity index (χ3n) is 3.15. The number of aromatic amines is 1. The fourth-order valence-corrected chi connectivity index (χ4v) is 2.01. The minimum Gasteiger partial charge on any atom is -0.492 e. The summed E-state index contributed by atoms with van der Waals surface area (Å²) in [5.74, 6) is 1.13. The second-order valence-corrected chi connectivity index (χ2v) is 4.73. The Morgan fingerprint density at radius 1 is 1.09 bits per heavy atom. The summed E-state index contributed by atoms with van der Waals surface area (Å²) >= 11 is 0.